The van der Waals surface area contributed by atoms with Gasteiger partial charge in [0.1, 0.15) is 5.02 Å². The number of H-pyrrole nitrogens is 1. The maximum atomic E-state index is 11.4. The summed E-state index contributed by atoms with van der Waals surface area (Å²) in [4.78, 5) is 20.0. The Morgan fingerprint density at radius 2 is 2.53 bits per heavy atom. The van der Waals surface area contributed by atoms with Gasteiger partial charge in [0.05, 0.1) is 12.4 Å². The van der Waals surface area contributed by atoms with E-state index in [4.69, 9.17) is 16.3 Å². The van der Waals surface area contributed by atoms with Crippen LogP contribution in [0.5, 0.6) is 0 Å². The second kappa shape index (κ2) is 5.51. The van der Waals surface area contributed by atoms with Crippen LogP contribution in [0.15, 0.2) is 11.1 Å². The molecule has 17 heavy (non-hydrogen) atoms. The highest BCUT2D eigenvalue weighted by Gasteiger charge is 2.23. The van der Waals surface area contributed by atoms with Crippen LogP contribution in [-0.4, -0.2) is 35.8 Å². The molecule has 1 aromatic rings. The fourth-order valence-corrected chi connectivity index (χ4v) is 2.32. The van der Waals surface area contributed by atoms with Crippen molar-refractivity contribution in [3.05, 3.63) is 21.7 Å². The van der Waals surface area contributed by atoms with Crippen molar-refractivity contribution < 1.29 is 4.74 Å². The van der Waals surface area contributed by atoms with E-state index in [1.54, 1.807) is 0 Å². The molecular weight excluding hydrogens is 242 g/mol. The molecule has 2 heterocycles. The first-order valence-corrected chi connectivity index (χ1v) is 6.20. The molecule has 0 spiro atoms. The van der Waals surface area contributed by atoms with Crippen molar-refractivity contribution in [1.29, 1.82) is 0 Å². The molecule has 0 radical (unpaired) electrons. The summed E-state index contributed by atoms with van der Waals surface area (Å²) in [5.74, 6) is 0.555. The number of halogens is 1. The third-order valence-corrected chi connectivity index (χ3v) is 3.20. The summed E-state index contributed by atoms with van der Waals surface area (Å²) in [5, 5.41) is 0.157. The molecule has 1 aliphatic rings. The van der Waals surface area contributed by atoms with Crippen LogP contribution in [-0.2, 0) is 4.74 Å². The molecule has 1 fully saturated rings. The number of aromatic nitrogens is 2. The SMILES string of the molecule is CCOC1CCCN(c2nc[nH]c(=O)c2Cl)C1. The number of ether oxygens (including phenoxy) is 1. The molecule has 2 rings (SSSR count). The molecule has 1 atom stereocenters. The highest BCUT2D eigenvalue weighted by molar-refractivity contribution is 6.32. The topological polar surface area (TPSA) is 58.2 Å². The van der Waals surface area contributed by atoms with Gasteiger partial charge in [-0.25, -0.2) is 4.98 Å². The van der Waals surface area contributed by atoms with Gasteiger partial charge in [0.15, 0.2) is 5.82 Å². The third kappa shape index (κ3) is 2.79. The summed E-state index contributed by atoms with van der Waals surface area (Å²) in [6.07, 6.45) is 3.65. The van der Waals surface area contributed by atoms with Crippen LogP contribution in [0.3, 0.4) is 0 Å². The average Bonchev–Trinajstić information content (AvgIpc) is 2.33. The number of nitrogens with one attached hydrogen (secondary N) is 1. The Balaban J connectivity index is 2.16. The number of hydrogen-bond donors (Lipinski definition) is 1. The van der Waals surface area contributed by atoms with Crippen molar-refractivity contribution in [2.75, 3.05) is 24.6 Å². The van der Waals surface area contributed by atoms with E-state index in [9.17, 15) is 4.79 Å². The Hall–Kier alpha value is -1.07. The summed E-state index contributed by atoms with van der Waals surface area (Å²) in [7, 11) is 0. The standard InChI is InChI=1S/C11H16ClN3O2/c1-2-17-8-4-3-5-15(6-8)10-9(12)11(16)14-7-13-10/h7-8H,2-6H2,1H3,(H,13,14,16). The minimum atomic E-state index is -0.296. The van der Waals surface area contributed by atoms with Gasteiger partial charge >= 0.3 is 0 Å². The molecular formula is C11H16ClN3O2. The maximum Gasteiger partial charge on any atom is 0.271 e. The zero-order chi connectivity index (χ0) is 12.3. The minimum Gasteiger partial charge on any atom is -0.377 e. The van der Waals surface area contributed by atoms with Crippen LogP contribution in [0, 0.1) is 0 Å². The third-order valence-electron chi connectivity index (χ3n) is 2.86. The molecule has 1 aromatic heterocycles. The van der Waals surface area contributed by atoms with Crippen LogP contribution < -0.4 is 10.5 Å². The quantitative estimate of drug-likeness (QED) is 0.890. The minimum absolute atomic E-state index is 0.157. The smallest absolute Gasteiger partial charge is 0.271 e. The van der Waals surface area contributed by atoms with Crippen molar-refractivity contribution in [1.82, 2.24) is 9.97 Å². The number of piperidine rings is 1. The molecule has 0 aliphatic carbocycles. The van der Waals surface area contributed by atoms with Crippen molar-refractivity contribution in [2.24, 2.45) is 0 Å². The Kier molecular flexibility index (Phi) is 4.02. The Morgan fingerprint density at radius 1 is 1.71 bits per heavy atom. The Bertz CT molecular complexity index is 433. The van der Waals surface area contributed by atoms with E-state index in [0.29, 0.717) is 12.4 Å². The van der Waals surface area contributed by atoms with Gasteiger partial charge in [-0.3, -0.25) is 4.79 Å². The summed E-state index contributed by atoms with van der Waals surface area (Å²) in [6, 6.07) is 0. The highest BCUT2D eigenvalue weighted by Crippen LogP contribution is 2.23. The van der Waals surface area contributed by atoms with E-state index in [2.05, 4.69) is 9.97 Å². The summed E-state index contributed by atoms with van der Waals surface area (Å²) in [5.41, 5.74) is -0.296. The average molecular weight is 258 g/mol. The van der Waals surface area contributed by atoms with E-state index in [1.807, 2.05) is 11.8 Å². The lowest BCUT2D eigenvalue weighted by Crippen LogP contribution is -2.40. The van der Waals surface area contributed by atoms with E-state index < -0.39 is 0 Å². The molecule has 1 aliphatic heterocycles. The lowest BCUT2D eigenvalue weighted by molar-refractivity contribution is 0.0525. The van der Waals surface area contributed by atoms with Crippen LogP contribution >= 0.6 is 11.6 Å². The lowest BCUT2D eigenvalue weighted by atomic mass is 10.1. The van der Waals surface area contributed by atoms with Crippen molar-refractivity contribution in [3.63, 3.8) is 0 Å². The van der Waals surface area contributed by atoms with Gasteiger partial charge in [-0.15, -0.1) is 0 Å². The first kappa shape index (κ1) is 12.4. The van der Waals surface area contributed by atoms with Crippen molar-refractivity contribution in [2.45, 2.75) is 25.9 Å². The number of nitrogens with zero attached hydrogens (tertiary/aromatic N) is 2. The van der Waals surface area contributed by atoms with Crippen LogP contribution in [0.4, 0.5) is 5.82 Å². The van der Waals surface area contributed by atoms with Gasteiger partial charge < -0.3 is 14.6 Å². The highest BCUT2D eigenvalue weighted by atomic mass is 35.5. The zero-order valence-electron chi connectivity index (χ0n) is 9.78. The van der Waals surface area contributed by atoms with E-state index in [0.717, 1.165) is 25.9 Å². The lowest BCUT2D eigenvalue weighted by Gasteiger charge is -2.33. The number of anilines is 1. The fourth-order valence-electron chi connectivity index (χ4n) is 2.10. The van der Waals surface area contributed by atoms with Gasteiger partial charge in [0.25, 0.3) is 5.56 Å². The largest absolute Gasteiger partial charge is 0.377 e. The van der Waals surface area contributed by atoms with E-state index in [-0.39, 0.29) is 16.7 Å². The maximum absolute atomic E-state index is 11.4. The van der Waals surface area contributed by atoms with Crippen molar-refractivity contribution >= 4 is 17.4 Å². The molecule has 0 amide bonds. The second-order valence-electron chi connectivity index (χ2n) is 4.03. The molecule has 0 saturated carbocycles. The van der Waals surface area contributed by atoms with Gasteiger partial charge in [0, 0.05) is 19.7 Å². The number of rotatable bonds is 3. The second-order valence-corrected chi connectivity index (χ2v) is 4.41. The van der Waals surface area contributed by atoms with Gasteiger partial charge in [-0.1, -0.05) is 11.6 Å². The first-order chi connectivity index (χ1) is 8.22. The van der Waals surface area contributed by atoms with Crippen LogP contribution in [0.1, 0.15) is 19.8 Å². The van der Waals surface area contributed by atoms with Gasteiger partial charge in [-0.2, -0.15) is 0 Å². The van der Waals surface area contributed by atoms with E-state index >= 15 is 0 Å². The Morgan fingerprint density at radius 3 is 3.29 bits per heavy atom. The summed E-state index contributed by atoms with van der Waals surface area (Å²) >= 11 is 5.96. The number of hydrogen-bond acceptors (Lipinski definition) is 4. The monoisotopic (exact) mass is 257 g/mol. The molecule has 1 saturated heterocycles. The predicted octanol–water partition coefficient (Wildman–Crippen LogP) is 1.43. The molecule has 1 N–H and O–H groups in total. The zero-order valence-corrected chi connectivity index (χ0v) is 10.5. The van der Waals surface area contributed by atoms with Crippen molar-refractivity contribution in [3.8, 4) is 0 Å². The van der Waals surface area contributed by atoms with Crippen LogP contribution in [0.2, 0.25) is 5.02 Å². The molecule has 94 valence electrons. The Labute approximate surface area is 105 Å². The first-order valence-electron chi connectivity index (χ1n) is 5.82. The molecule has 0 bridgehead atoms. The van der Waals surface area contributed by atoms with Crippen LogP contribution in [0.25, 0.3) is 0 Å². The number of aromatic amines is 1. The predicted molar refractivity (Wildman–Crippen MR) is 66.7 cm³/mol. The normalized spacial score (nSPS) is 20.6. The molecule has 1 unspecified atom stereocenters. The summed E-state index contributed by atoms with van der Waals surface area (Å²) < 4.78 is 5.61. The van der Waals surface area contributed by atoms with E-state index in [1.165, 1.54) is 6.33 Å². The summed E-state index contributed by atoms with van der Waals surface area (Å²) in [6.45, 7) is 4.29. The fraction of sp³-hybridized carbons (Fsp3) is 0.636. The van der Waals surface area contributed by atoms with Gasteiger partial charge in [-0.05, 0) is 19.8 Å². The molecule has 5 nitrogen and oxygen atoms in total. The van der Waals surface area contributed by atoms with Gasteiger partial charge in [0.2, 0.25) is 0 Å². The molecule has 0 aromatic carbocycles. The molecule has 6 heteroatoms.